The van der Waals surface area contributed by atoms with Crippen molar-refractivity contribution >= 4 is 27.3 Å². The summed E-state index contributed by atoms with van der Waals surface area (Å²) in [6.07, 6.45) is -0.670. The molecule has 4 nitrogen and oxygen atoms in total. The van der Waals surface area contributed by atoms with Crippen LogP contribution in [0, 0.1) is 0 Å². The summed E-state index contributed by atoms with van der Waals surface area (Å²) in [6.45, 7) is 0.407. The number of likely N-dealkylation sites (N-methyl/N-ethyl adjacent to an activating group) is 1. The molecule has 0 spiro atoms. The van der Waals surface area contributed by atoms with Gasteiger partial charge in [0.2, 0.25) is 0 Å². The smallest absolute Gasteiger partial charge is 0.157 e. The first-order valence-electron chi connectivity index (χ1n) is 3.99. The van der Waals surface area contributed by atoms with Crippen LogP contribution in [-0.2, 0) is 0 Å². The second-order valence-electron chi connectivity index (χ2n) is 2.82. The van der Waals surface area contributed by atoms with E-state index in [1.807, 2.05) is 0 Å². The Morgan fingerprint density at radius 1 is 1.29 bits per heavy atom. The monoisotopic (exact) mass is 391 g/mol. The summed E-state index contributed by atoms with van der Waals surface area (Å²) in [5.41, 5.74) is 0.574. The molecule has 1 atom stereocenters. The van der Waals surface area contributed by atoms with Crippen LogP contribution in [0.15, 0.2) is 18.2 Å². The van der Waals surface area contributed by atoms with Gasteiger partial charge in [0.05, 0.1) is 6.10 Å². The summed E-state index contributed by atoms with van der Waals surface area (Å²) in [7, 11) is 1.73. The van der Waals surface area contributed by atoms with Gasteiger partial charge in [0.25, 0.3) is 0 Å². The zero-order valence-corrected chi connectivity index (χ0v) is 11.7. The average Bonchev–Trinajstić information content (AvgIpc) is 2.10. The van der Waals surface area contributed by atoms with Crippen LogP contribution in [0.1, 0.15) is 11.7 Å². The topological polar surface area (TPSA) is 72.7 Å². The van der Waals surface area contributed by atoms with Gasteiger partial charge in [-0.3, -0.25) is 0 Å². The van der Waals surface area contributed by atoms with Gasteiger partial charge >= 0.3 is 0 Å². The minimum Gasteiger partial charge on any atom is -0.504 e. The number of nitrogens with one attached hydrogen (secondary N) is 1. The van der Waals surface area contributed by atoms with Crippen molar-refractivity contribution in [2.45, 2.75) is 6.10 Å². The molecule has 76 valence electrons. The maximum absolute atomic E-state index is 9.48. The molecule has 1 rings (SSSR count). The fraction of sp³-hybridized carbons (Fsp3) is 0.333. The van der Waals surface area contributed by atoms with Crippen LogP contribution < -0.4 is 5.32 Å². The molecule has 1 aromatic rings. The van der Waals surface area contributed by atoms with Crippen molar-refractivity contribution in [1.29, 1.82) is 0 Å². The molecule has 14 heavy (non-hydrogen) atoms. The third-order valence-electron chi connectivity index (χ3n) is 1.78. The van der Waals surface area contributed by atoms with Crippen LogP contribution in [0.25, 0.3) is 0 Å². The number of hydrogen-bond donors (Lipinski definition) is 4. The minimum atomic E-state index is -0.670. The van der Waals surface area contributed by atoms with Crippen LogP contribution in [0.3, 0.4) is 0 Å². The Morgan fingerprint density at radius 3 is 2.43 bits per heavy atom. The number of benzene rings is 1. The molecule has 4 radical (unpaired) electrons. The molecule has 0 aromatic heterocycles. The molecule has 0 saturated carbocycles. The Kier molecular flexibility index (Phi) is 6.05. The number of aromatic hydroxyl groups is 2. The zero-order chi connectivity index (χ0) is 9.84. The quantitative estimate of drug-likeness (QED) is 0.432. The van der Waals surface area contributed by atoms with Crippen LogP contribution in [0.5, 0.6) is 11.5 Å². The molecule has 0 fully saturated rings. The molecule has 0 aliphatic carbocycles. The zero-order valence-electron chi connectivity index (χ0n) is 7.86. The van der Waals surface area contributed by atoms with Crippen LogP contribution in [-0.4, -0.2) is 56.2 Å². The minimum absolute atomic E-state index is 0. The van der Waals surface area contributed by atoms with E-state index in [-0.39, 0.29) is 38.8 Å². The number of hydrogen-bond acceptors (Lipinski definition) is 4. The molecular weight excluding hydrogens is 377 g/mol. The van der Waals surface area contributed by atoms with E-state index in [0.717, 1.165) is 0 Å². The standard InChI is InChI=1S/C9H13NO3.Pb/c1-10-5-9(13)6-2-3-7(11)8(12)4-6;/h2-4,9-13H,5H2,1H3;/t9-;/m0./s1. The van der Waals surface area contributed by atoms with E-state index in [9.17, 15) is 5.11 Å². The third-order valence-corrected chi connectivity index (χ3v) is 1.78. The molecule has 1 aromatic carbocycles. The molecule has 5 heteroatoms. The number of aliphatic hydroxyl groups is 1. The summed E-state index contributed by atoms with van der Waals surface area (Å²) in [5, 5.41) is 30.4. The molecule has 4 N–H and O–H groups in total. The number of phenolic OH excluding ortho intramolecular Hbond substituents is 2. The summed E-state index contributed by atoms with van der Waals surface area (Å²) in [4.78, 5) is 0. The van der Waals surface area contributed by atoms with E-state index in [1.165, 1.54) is 12.1 Å². The summed E-state index contributed by atoms with van der Waals surface area (Å²) >= 11 is 0. The van der Waals surface area contributed by atoms with E-state index < -0.39 is 6.10 Å². The third kappa shape index (κ3) is 3.43. The fourth-order valence-electron chi connectivity index (χ4n) is 1.06. The Hall–Kier alpha value is -0.338. The second kappa shape index (κ2) is 6.20. The van der Waals surface area contributed by atoms with Gasteiger partial charge in [-0.2, -0.15) is 0 Å². The number of rotatable bonds is 3. The van der Waals surface area contributed by atoms with E-state index in [4.69, 9.17) is 10.2 Å². The van der Waals surface area contributed by atoms with E-state index in [0.29, 0.717) is 12.1 Å². The second-order valence-corrected chi connectivity index (χ2v) is 2.82. The van der Waals surface area contributed by atoms with Crippen molar-refractivity contribution in [2.75, 3.05) is 13.6 Å². The van der Waals surface area contributed by atoms with E-state index in [1.54, 1.807) is 13.1 Å². The first kappa shape index (κ1) is 13.7. The Bertz CT molecular complexity index is 293. The summed E-state index contributed by atoms with van der Waals surface area (Å²) in [5.74, 6) is -0.395. The van der Waals surface area contributed by atoms with Crippen molar-refractivity contribution in [3.8, 4) is 11.5 Å². The SMILES string of the molecule is CNC[C@H](O)c1ccc(O)c(O)c1.[Pb]. The molecule has 0 aliphatic rings. The predicted molar refractivity (Wildman–Crippen MR) is 54.4 cm³/mol. The number of aliphatic hydroxyl groups excluding tert-OH is 1. The molecular formula is C9H13NO3Pb. The van der Waals surface area contributed by atoms with Gasteiger partial charge in [-0.1, -0.05) is 6.07 Å². The van der Waals surface area contributed by atoms with Gasteiger partial charge in [-0.25, -0.2) is 0 Å². The summed E-state index contributed by atoms with van der Waals surface area (Å²) < 4.78 is 0. The van der Waals surface area contributed by atoms with Gasteiger partial charge in [0.15, 0.2) is 11.5 Å². The first-order valence-corrected chi connectivity index (χ1v) is 3.99. The molecule has 0 heterocycles. The van der Waals surface area contributed by atoms with E-state index in [2.05, 4.69) is 5.32 Å². The Labute approximate surface area is 103 Å². The van der Waals surface area contributed by atoms with Crippen LogP contribution in [0.2, 0.25) is 0 Å². The molecule has 0 aliphatic heterocycles. The average molecular weight is 390 g/mol. The van der Waals surface area contributed by atoms with Gasteiger partial charge in [-0.15, -0.1) is 0 Å². The molecule has 0 unspecified atom stereocenters. The molecule has 0 bridgehead atoms. The molecule has 0 saturated heterocycles. The normalized spacial score (nSPS) is 11.9. The van der Waals surface area contributed by atoms with Gasteiger partial charge in [0.1, 0.15) is 0 Å². The van der Waals surface area contributed by atoms with Crippen molar-refractivity contribution < 1.29 is 15.3 Å². The first-order chi connectivity index (χ1) is 6.15. The van der Waals surface area contributed by atoms with E-state index >= 15 is 0 Å². The largest absolute Gasteiger partial charge is 0.504 e. The summed E-state index contributed by atoms with van der Waals surface area (Å²) in [6, 6.07) is 4.26. The van der Waals surface area contributed by atoms with Gasteiger partial charge < -0.3 is 20.6 Å². The fourth-order valence-corrected chi connectivity index (χ4v) is 1.06. The van der Waals surface area contributed by atoms with Crippen LogP contribution in [0.4, 0.5) is 0 Å². The van der Waals surface area contributed by atoms with Crippen molar-refractivity contribution in [3.05, 3.63) is 23.8 Å². The Morgan fingerprint density at radius 2 is 1.93 bits per heavy atom. The van der Waals surface area contributed by atoms with Gasteiger partial charge in [-0.05, 0) is 24.7 Å². The van der Waals surface area contributed by atoms with Crippen molar-refractivity contribution in [2.24, 2.45) is 0 Å². The predicted octanol–water partition coefficient (Wildman–Crippen LogP) is -0.0302. The van der Waals surface area contributed by atoms with Crippen molar-refractivity contribution in [3.63, 3.8) is 0 Å². The Balaban J connectivity index is 0.00000169. The molecule has 0 amide bonds. The maximum atomic E-state index is 9.48. The maximum Gasteiger partial charge on any atom is 0.157 e. The van der Waals surface area contributed by atoms with Crippen LogP contribution >= 0.6 is 0 Å². The van der Waals surface area contributed by atoms with Gasteiger partial charge in [0, 0.05) is 33.8 Å². The van der Waals surface area contributed by atoms with Crippen molar-refractivity contribution in [1.82, 2.24) is 5.32 Å². The number of phenols is 2.